The second kappa shape index (κ2) is 8.44. The van der Waals surface area contributed by atoms with Gasteiger partial charge in [0.15, 0.2) is 0 Å². The van der Waals surface area contributed by atoms with Gasteiger partial charge in [-0.25, -0.2) is 4.98 Å². The maximum atomic E-state index is 5.28. The van der Waals surface area contributed by atoms with Gasteiger partial charge in [0.2, 0.25) is 0 Å². The van der Waals surface area contributed by atoms with Crippen LogP contribution in [0, 0.1) is 0 Å². The Hall–Kier alpha value is -4.82. The maximum Gasteiger partial charge on any atom is 0.0788 e. The molecular formula is C34H22N2. The molecule has 0 aliphatic carbocycles. The Kier molecular flexibility index (Phi) is 4.82. The zero-order valence-corrected chi connectivity index (χ0v) is 19.6. The van der Waals surface area contributed by atoms with E-state index in [2.05, 4.69) is 120 Å². The topological polar surface area (TPSA) is 25.8 Å². The van der Waals surface area contributed by atoms with Crippen molar-refractivity contribution in [2.24, 2.45) is 0 Å². The molecule has 0 fully saturated rings. The number of hydrogen-bond acceptors (Lipinski definition) is 2. The third-order valence-electron chi connectivity index (χ3n) is 6.92. The Morgan fingerprint density at radius 2 is 1.14 bits per heavy atom. The van der Waals surface area contributed by atoms with E-state index >= 15 is 0 Å². The maximum absolute atomic E-state index is 5.28. The molecule has 0 radical (unpaired) electrons. The SMILES string of the molecule is c1ccc(-c2ccc3c(c2)c(-c2ccc4ccccc4c2)nc2cc(-c4cccnc4)ccc23)cc1. The van der Waals surface area contributed by atoms with Crippen LogP contribution in [-0.2, 0) is 0 Å². The number of fused-ring (bicyclic) bond motifs is 4. The Bertz CT molecular complexity index is 1870. The van der Waals surface area contributed by atoms with E-state index in [0.29, 0.717) is 0 Å². The minimum Gasteiger partial charge on any atom is -0.264 e. The van der Waals surface area contributed by atoms with Gasteiger partial charge in [-0.15, -0.1) is 0 Å². The summed E-state index contributed by atoms with van der Waals surface area (Å²) in [5.74, 6) is 0. The molecule has 2 nitrogen and oxygen atoms in total. The van der Waals surface area contributed by atoms with Crippen molar-refractivity contribution in [3.8, 4) is 33.5 Å². The Labute approximate surface area is 209 Å². The second-order valence-electron chi connectivity index (χ2n) is 9.12. The first-order valence-electron chi connectivity index (χ1n) is 12.2. The van der Waals surface area contributed by atoms with Crippen molar-refractivity contribution in [2.45, 2.75) is 0 Å². The molecule has 0 unspecified atom stereocenters. The smallest absolute Gasteiger partial charge is 0.0788 e. The zero-order chi connectivity index (χ0) is 23.9. The highest BCUT2D eigenvalue weighted by atomic mass is 14.7. The van der Waals surface area contributed by atoms with Crippen molar-refractivity contribution in [1.82, 2.24) is 9.97 Å². The first-order valence-corrected chi connectivity index (χ1v) is 12.2. The molecule has 168 valence electrons. The summed E-state index contributed by atoms with van der Waals surface area (Å²) < 4.78 is 0. The third kappa shape index (κ3) is 3.52. The number of pyridine rings is 2. The van der Waals surface area contributed by atoms with Crippen LogP contribution in [0.5, 0.6) is 0 Å². The van der Waals surface area contributed by atoms with Crippen LogP contribution in [0.3, 0.4) is 0 Å². The summed E-state index contributed by atoms with van der Waals surface area (Å²) in [4.78, 5) is 9.58. The van der Waals surface area contributed by atoms with E-state index in [1.165, 1.54) is 27.3 Å². The van der Waals surface area contributed by atoms with E-state index in [9.17, 15) is 0 Å². The standard InChI is InChI=1S/C34H22N2/c1-2-7-23(8-3-1)26-14-16-30-31-17-15-27(29-11-6-18-35-22-29)21-33(31)36-34(32(30)20-26)28-13-12-24-9-4-5-10-25(24)19-28/h1-22H. The van der Waals surface area contributed by atoms with E-state index in [1.54, 1.807) is 6.20 Å². The van der Waals surface area contributed by atoms with E-state index in [4.69, 9.17) is 4.98 Å². The molecule has 0 amide bonds. The molecule has 0 atom stereocenters. The van der Waals surface area contributed by atoms with Crippen molar-refractivity contribution in [3.05, 3.63) is 134 Å². The van der Waals surface area contributed by atoms with Gasteiger partial charge in [-0.05, 0) is 57.1 Å². The predicted octanol–water partition coefficient (Wildman–Crippen LogP) is 8.94. The van der Waals surface area contributed by atoms with Crippen molar-refractivity contribution in [1.29, 1.82) is 0 Å². The molecule has 0 bridgehead atoms. The van der Waals surface area contributed by atoms with Gasteiger partial charge in [0.1, 0.15) is 0 Å². The largest absolute Gasteiger partial charge is 0.264 e. The van der Waals surface area contributed by atoms with Crippen LogP contribution in [0.2, 0.25) is 0 Å². The summed E-state index contributed by atoms with van der Waals surface area (Å²) in [5, 5.41) is 5.97. The van der Waals surface area contributed by atoms with Crippen LogP contribution < -0.4 is 0 Å². The van der Waals surface area contributed by atoms with E-state index in [-0.39, 0.29) is 0 Å². The van der Waals surface area contributed by atoms with Gasteiger partial charge in [0, 0.05) is 34.3 Å². The van der Waals surface area contributed by atoms with Crippen molar-refractivity contribution < 1.29 is 0 Å². The Morgan fingerprint density at radius 1 is 0.417 bits per heavy atom. The molecular weight excluding hydrogens is 436 g/mol. The molecule has 2 aromatic heterocycles. The van der Waals surface area contributed by atoms with Crippen LogP contribution >= 0.6 is 0 Å². The second-order valence-corrected chi connectivity index (χ2v) is 9.12. The molecule has 2 heterocycles. The fraction of sp³-hybridized carbons (Fsp3) is 0. The van der Waals surface area contributed by atoms with Crippen LogP contribution in [0.4, 0.5) is 0 Å². The first-order chi connectivity index (χ1) is 17.8. The van der Waals surface area contributed by atoms with E-state index in [0.717, 1.165) is 38.7 Å². The van der Waals surface area contributed by atoms with E-state index in [1.807, 2.05) is 12.3 Å². The molecule has 0 aliphatic heterocycles. The number of nitrogens with zero attached hydrogens (tertiary/aromatic N) is 2. The molecule has 7 rings (SSSR count). The summed E-state index contributed by atoms with van der Waals surface area (Å²) in [6, 6.07) is 43.0. The average molecular weight is 459 g/mol. The minimum absolute atomic E-state index is 0.986. The summed E-state index contributed by atoms with van der Waals surface area (Å²) in [6.07, 6.45) is 3.71. The molecule has 2 heteroatoms. The summed E-state index contributed by atoms with van der Waals surface area (Å²) in [7, 11) is 0. The molecule has 5 aromatic carbocycles. The Morgan fingerprint density at radius 3 is 1.97 bits per heavy atom. The van der Waals surface area contributed by atoms with Gasteiger partial charge in [0.05, 0.1) is 11.2 Å². The van der Waals surface area contributed by atoms with Crippen molar-refractivity contribution >= 4 is 32.4 Å². The van der Waals surface area contributed by atoms with Gasteiger partial charge >= 0.3 is 0 Å². The number of aromatic nitrogens is 2. The normalized spacial score (nSPS) is 11.3. The van der Waals surface area contributed by atoms with Crippen LogP contribution in [0.1, 0.15) is 0 Å². The number of rotatable bonds is 3. The molecule has 0 saturated heterocycles. The highest BCUT2D eigenvalue weighted by molar-refractivity contribution is 6.13. The summed E-state index contributed by atoms with van der Waals surface area (Å²) in [6.45, 7) is 0. The predicted molar refractivity (Wildman–Crippen MR) is 151 cm³/mol. The quantitative estimate of drug-likeness (QED) is 0.247. The monoisotopic (exact) mass is 458 g/mol. The molecule has 7 aromatic rings. The lowest BCUT2D eigenvalue weighted by molar-refractivity contribution is 1.33. The molecule has 0 saturated carbocycles. The summed E-state index contributed by atoms with van der Waals surface area (Å²) >= 11 is 0. The van der Waals surface area contributed by atoms with Gasteiger partial charge in [0.25, 0.3) is 0 Å². The van der Waals surface area contributed by atoms with Crippen LogP contribution in [-0.4, -0.2) is 9.97 Å². The zero-order valence-electron chi connectivity index (χ0n) is 19.6. The van der Waals surface area contributed by atoms with Gasteiger partial charge in [-0.1, -0.05) is 97.1 Å². The van der Waals surface area contributed by atoms with Gasteiger partial charge in [-0.2, -0.15) is 0 Å². The fourth-order valence-corrected chi connectivity index (χ4v) is 5.09. The lowest BCUT2D eigenvalue weighted by atomic mass is 9.94. The molecule has 36 heavy (non-hydrogen) atoms. The van der Waals surface area contributed by atoms with Gasteiger partial charge < -0.3 is 0 Å². The number of benzene rings is 5. The van der Waals surface area contributed by atoms with E-state index < -0.39 is 0 Å². The highest BCUT2D eigenvalue weighted by Gasteiger charge is 2.13. The van der Waals surface area contributed by atoms with Crippen molar-refractivity contribution in [3.63, 3.8) is 0 Å². The molecule has 0 aliphatic rings. The lowest BCUT2D eigenvalue weighted by Gasteiger charge is -2.14. The fourth-order valence-electron chi connectivity index (χ4n) is 5.09. The molecule has 0 spiro atoms. The first kappa shape index (κ1) is 20.5. The number of hydrogen-bond donors (Lipinski definition) is 0. The van der Waals surface area contributed by atoms with Crippen LogP contribution in [0.25, 0.3) is 66.0 Å². The minimum atomic E-state index is 0.986. The van der Waals surface area contributed by atoms with Crippen LogP contribution in [0.15, 0.2) is 134 Å². The third-order valence-corrected chi connectivity index (χ3v) is 6.92. The molecule has 0 N–H and O–H groups in total. The lowest BCUT2D eigenvalue weighted by Crippen LogP contribution is -1.92. The van der Waals surface area contributed by atoms with Crippen molar-refractivity contribution in [2.75, 3.05) is 0 Å². The average Bonchev–Trinajstić information content (AvgIpc) is 2.97. The summed E-state index contributed by atoms with van der Waals surface area (Å²) in [5.41, 5.74) is 7.72. The van der Waals surface area contributed by atoms with Gasteiger partial charge in [-0.3, -0.25) is 4.98 Å². The highest BCUT2D eigenvalue weighted by Crippen LogP contribution is 2.37. The Balaban J connectivity index is 1.53.